The van der Waals surface area contributed by atoms with E-state index in [2.05, 4.69) is 40.7 Å². The van der Waals surface area contributed by atoms with E-state index in [-0.39, 0.29) is 34.5 Å². The number of esters is 1. The van der Waals surface area contributed by atoms with Gasteiger partial charge >= 0.3 is 5.97 Å². The summed E-state index contributed by atoms with van der Waals surface area (Å²) >= 11 is 0. The Labute approximate surface area is 478 Å². The fourth-order valence-electron chi connectivity index (χ4n) is 16.5. The second-order valence-corrected chi connectivity index (χ2v) is 26.8. The van der Waals surface area contributed by atoms with Crippen LogP contribution in [0.25, 0.3) is 0 Å². The molecule has 25 heteroatoms. The molecule has 4 saturated carbocycles. The van der Waals surface area contributed by atoms with Gasteiger partial charge in [-0.05, 0) is 131 Å². The summed E-state index contributed by atoms with van der Waals surface area (Å²) in [7, 11) is 0. The molecule has 0 bridgehead atoms. The average molecular weight is 1180 g/mol. The Hall–Kier alpha value is -2.16. The number of carbonyl (C=O) groups excluding carboxylic acids is 2. The minimum Gasteiger partial charge on any atom is -0.550 e. The maximum atomic E-state index is 12.9. The van der Waals surface area contributed by atoms with Gasteiger partial charge in [0.2, 0.25) is 0 Å². The lowest BCUT2D eigenvalue weighted by Crippen LogP contribution is -2.68. The molecule has 0 aromatic heterocycles. The van der Waals surface area contributed by atoms with E-state index >= 15 is 0 Å². The molecule has 472 valence electrons. The topological polar surface area (TPSA) is 403 Å². The number of rotatable bonds is 18. The zero-order valence-corrected chi connectivity index (χ0v) is 48.5. The standard InChI is InChI=1S/C57H94O25/c1-24(2)11-10-15-57(9,82-51-47(73)43(69)40(66)30(79-51)23-75-49-45(71)41(67)37(63)25(3)76-49)26-12-17-56(8)36(26)27(59)19-32-54(6)16-14-33(53(4,5)31(54)13-18-55(32,56)7)80-52-48(44(70)38(64)28(21-58)77-52)81-50-46(72)42(68)39(65)29(78-50)22-74-35(62)20-34(60)61/h11,25-33,36-52,58-59,63-73H,10,12-23H2,1-9H3,(H,60,61)/p-1/t25-,26-,27+,28+,29+,30+,31-,32+,33-,36-,37-,38+,39+,40+,41+,42-,43-,44-,45+,46+,47+,48+,49+,50-,51-,52-,54-,55+,56+,57-/m0/s1. The van der Waals surface area contributed by atoms with Crippen LogP contribution in [0.3, 0.4) is 0 Å². The third-order valence-electron chi connectivity index (χ3n) is 21.4. The third kappa shape index (κ3) is 12.1. The molecule has 8 aliphatic rings. The third-order valence-corrected chi connectivity index (χ3v) is 21.4. The van der Waals surface area contributed by atoms with Crippen molar-refractivity contribution >= 4 is 11.9 Å². The molecule has 4 aliphatic heterocycles. The van der Waals surface area contributed by atoms with Gasteiger partial charge in [-0.2, -0.15) is 0 Å². The summed E-state index contributed by atoms with van der Waals surface area (Å²) in [6, 6.07) is 0. The van der Waals surface area contributed by atoms with Gasteiger partial charge in [0.15, 0.2) is 25.2 Å². The van der Waals surface area contributed by atoms with Crippen LogP contribution in [0.4, 0.5) is 0 Å². The first kappa shape index (κ1) is 65.8. The van der Waals surface area contributed by atoms with Crippen LogP contribution >= 0.6 is 0 Å². The number of carbonyl (C=O) groups is 2. The summed E-state index contributed by atoms with van der Waals surface area (Å²) in [5, 5.41) is 154. The first-order chi connectivity index (χ1) is 38.3. The van der Waals surface area contributed by atoms with Gasteiger partial charge in [-0.15, -0.1) is 0 Å². The fraction of sp³-hybridized carbons (Fsp3) is 0.930. The number of hydrogen-bond donors (Lipinski definition) is 13. The maximum Gasteiger partial charge on any atom is 0.311 e. The van der Waals surface area contributed by atoms with Crippen LogP contribution in [0.2, 0.25) is 0 Å². The second-order valence-electron chi connectivity index (χ2n) is 26.8. The lowest BCUT2D eigenvalue weighted by molar-refractivity contribution is -0.378. The maximum absolute atomic E-state index is 12.9. The van der Waals surface area contributed by atoms with E-state index < -0.39 is 190 Å². The molecule has 0 aromatic carbocycles. The molecular formula is C57H93O25-. The predicted octanol–water partition coefficient (Wildman–Crippen LogP) is -2.48. The Morgan fingerprint density at radius 2 is 1.21 bits per heavy atom. The normalized spacial score (nSPS) is 50.0. The Morgan fingerprint density at radius 1 is 0.634 bits per heavy atom. The molecule has 13 N–H and O–H groups in total. The molecule has 8 fully saturated rings. The number of allylic oxidation sites excluding steroid dienone is 2. The molecule has 0 aromatic rings. The number of aliphatic hydroxyl groups is 13. The summed E-state index contributed by atoms with van der Waals surface area (Å²) in [5.74, 6) is -3.52. The number of fused-ring (bicyclic) bond motifs is 5. The van der Waals surface area contributed by atoms with Crippen LogP contribution < -0.4 is 5.11 Å². The molecule has 82 heavy (non-hydrogen) atoms. The van der Waals surface area contributed by atoms with Crippen LogP contribution in [-0.4, -0.2) is 239 Å². The van der Waals surface area contributed by atoms with Crippen LogP contribution in [0.1, 0.15) is 127 Å². The average Bonchev–Trinajstić information content (AvgIpc) is 1.26. The number of carboxylic acids is 1. The van der Waals surface area contributed by atoms with Gasteiger partial charge in [0.05, 0.1) is 49.5 Å². The van der Waals surface area contributed by atoms with Crippen molar-refractivity contribution in [2.24, 2.45) is 45.3 Å². The number of carboxylic acid groups (broad SMARTS) is 1. The van der Waals surface area contributed by atoms with Crippen molar-refractivity contribution in [2.75, 3.05) is 19.8 Å². The highest BCUT2D eigenvalue weighted by molar-refractivity contribution is 5.89. The van der Waals surface area contributed by atoms with E-state index in [0.29, 0.717) is 38.5 Å². The van der Waals surface area contributed by atoms with Crippen LogP contribution in [-0.2, 0) is 52.2 Å². The van der Waals surface area contributed by atoms with Gasteiger partial charge in [-0.3, -0.25) is 4.79 Å². The lowest BCUT2D eigenvalue weighted by Gasteiger charge is -2.71. The zero-order chi connectivity index (χ0) is 60.5. The smallest absolute Gasteiger partial charge is 0.311 e. The summed E-state index contributed by atoms with van der Waals surface area (Å²) in [6.45, 7) is 16.6. The van der Waals surface area contributed by atoms with Crippen molar-refractivity contribution in [1.82, 2.24) is 0 Å². The first-order valence-corrected chi connectivity index (χ1v) is 29.2. The van der Waals surface area contributed by atoms with Gasteiger partial charge in [0.25, 0.3) is 0 Å². The largest absolute Gasteiger partial charge is 0.550 e. The van der Waals surface area contributed by atoms with Crippen molar-refractivity contribution in [3.63, 3.8) is 0 Å². The summed E-state index contributed by atoms with van der Waals surface area (Å²) in [5.41, 5.74) is -1.75. The van der Waals surface area contributed by atoms with Crippen LogP contribution in [0, 0.1) is 45.3 Å². The minimum absolute atomic E-state index is 0.00391. The number of hydrogen-bond acceptors (Lipinski definition) is 25. The highest BCUT2D eigenvalue weighted by Crippen LogP contribution is 2.76. The van der Waals surface area contributed by atoms with E-state index in [1.54, 1.807) is 0 Å². The molecule has 4 heterocycles. The highest BCUT2D eigenvalue weighted by atomic mass is 16.8. The van der Waals surface area contributed by atoms with E-state index in [1.165, 1.54) is 6.92 Å². The Morgan fingerprint density at radius 3 is 1.84 bits per heavy atom. The van der Waals surface area contributed by atoms with Crippen LogP contribution in [0.5, 0.6) is 0 Å². The molecule has 0 amide bonds. The molecule has 8 rings (SSSR count). The van der Waals surface area contributed by atoms with Gasteiger partial charge < -0.3 is 119 Å². The molecule has 25 nitrogen and oxygen atoms in total. The predicted molar refractivity (Wildman–Crippen MR) is 278 cm³/mol. The lowest BCUT2D eigenvalue weighted by atomic mass is 9.35. The van der Waals surface area contributed by atoms with Crippen molar-refractivity contribution in [2.45, 2.75) is 267 Å². The van der Waals surface area contributed by atoms with Gasteiger partial charge in [0.1, 0.15) is 98.2 Å². The molecule has 4 saturated heterocycles. The Balaban J connectivity index is 0.998. The van der Waals surface area contributed by atoms with Crippen molar-refractivity contribution in [1.29, 1.82) is 0 Å². The fourth-order valence-corrected chi connectivity index (χ4v) is 16.5. The van der Waals surface area contributed by atoms with E-state index in [0.717, 1.165) is 24.8 Å². The quantitative estimate of drug-likeness (QED) is 0.0292. The van der Waals surface area contributed by atoms with Crippen LogP contribution in [0.15, 0.2) is 11.6 Å². The van der Waals surface area contributed by atoms with E-state index in [1.807, 2.05) is 20.8 Å². The van der Waals surface area contributed by atoms with E-state index in [9.17, 15) is 81.1 Å². The minimum atomic E-state index is -1.96. The number of aliphatic hydroxyl groups excluding tert-OH is 13. The molecule has 4 aliphatic carbocycles. The van der Waals surface area contributed by atoms with Gasteiger partial charge in [-0.25, -0.2) is 0 Å². The van der Waals surface area contributed by atoms with Crippen molar-refractivity contribution in [3.8, 4) is 0 Å². The van der Waals surface area contributed by atoms with E-state index in [4.69, 9.17) is 42.6 Å². The Kier molecular flexibility index (Phi) is 20.2. The molecular weight excluding hydrogens is 1080 g/mol. The second kappa shape index (κ2) is 25.1. The summed E-state index contributed by atoms with van der Waals surface area (Å²) in [4.78, 5) is 22.9. The SMILES string of the molecule is CC(C)=CCC[C@](C)(O[C@@H]1O[C@H](CO[C@@H]2O[C@@H](C)[C@H](O)[C@@H](O)[C@H]2O)[C@@H](O)[C@H](O)[C@H]1O)[C@H]1CC[C@]2(C)[C@@H]1[C@H](O)C[C@@H]1[C@@]3(C)CC[C@H](O[C@@H]4O[C@H](CO)[C@@H](O)[C@H](O)[C@H]4O[C@@H]4O[C@H](COC(=O)CC(=O)[O-])[C@@H](O)[C@H](O)[C@H]4O)C(C)(C)[C@@H]3CC[C@]12C. The van der Waals surface area contributed by atoms with Crippen molar-refractivity contribution in [3.05, 3.63) is 11.6 Å². The Bertz CT molecular complexity index is 2220. The molecule has 0 spiro atoms. The summed E-state index contributed by atoms with van der Waals surface area (Å²) < 4.78 is 54.2. The van der Waals surface area contributed by atoms with Gasteiger partial charge in [-0.1, -0.05) is 46.3 Å². The van der Waals surface area contributed by atoms with Gasteiger partial charge in [0, 0.05) is 0 Å². The summed E-state index contributed by atoms with van der Waals surface area (Å²) in [6.07, 6.45) is -26.8. The monoisotopic (exact) mass is 1180 g/mol. The first-order valence-electron chi connectivity index (χ1n) is 29.2. The number of aliphatic carboxylic acids is 1. The molecule has 0 radical (unpaired) electrons. The molecule has 0 unspecified atom stereocenters. The van der Waals surface area contributed by atoms with Crippen molar-refractivity contribution < 1.29 is 124 Å². The highest BCUT2D eigenvalue weighted by Gasteiger charge is 2.72. The zero-order valence-electron chi connectivity index (χ0n) is 48.5. The number of ether oxygens (including phenoxy) is 9. The molecule has 30 atom stereocenters.